The van der Waals surface area contributed by atoms with Gasteiger partial charge in [-0.3, -0.25) is 0 Å². The molecular weight excluding hydrogens is 160 g/mol. The molecule has 1 aliphatic heterocycles. The van der Waals surface area contributed by atoms with Crippen molar-refractivity contribution < 1.29 is 4.74 Å². The van der Waals surface area contributed by atoms with Gasteiger partial charge in [-0.05, 0) is 26.2 Å². The van der Waals surface area contributed by atoms with Gasteiger partial charge in [0.25, 0.3) is 0 Å². The highest BCUT2D eigenvalue weighted by Gasteiger charge is 2.28. The number of fused-ring (bicyclic) bond motifs is 1. The van der Waals surface area contributed by atoms with Crippen LogP contribution < -0.4 is 0 Å². The van der Waals surface area contributed by atoms with E-state index in [-0.39, 0.29) is 0 Å². The van der Waals surface area contributed by atoms with Gasteiger partial charge >= 0.3 is 0 Å². The Balaban J connectivity index is 0.000000251. The van der Waals surface area contributed by atoms with Crippen LogP contribution >= 0.6 is 0 Å². The van der Waals surface area contributed by atoms with Crippen molar-refractivity contribution in [3.63, 3.8) is 0 Å². The summed E-state index contributed by atoms with van der Waals surface area (Å²) in [6.07, 6.45) is 7.99. The zero-order valence-electron chi connectivity index (χ0n) is 9.18. The average molecular weight is 182 g/mol. The van der Waals surface area contributed by atoms with E-state index in [1.54, 1.807) is 5.57 Å². The minimum Gasteiger partial charge on any atom is -0.378 e. The van der Waals surface area contributed by atoms with Crippen LogP contribution in [0.1, 0.15) is 46.5 Å². The Morgan fingerprint density at radius 1 is 1.38 bits per heavy atom. The second kappa shape index (κ2) is 5.43. The minimum absolute atomic E-state index is 0.573. The molecule has 76 valence electrons. The van der Waals surface area contributed by atoms with Crippen LogP contribution in [0.4, 0.5) is 0 Å². The zero-order chi connectivity index (χ0) is 9.68. The summed E-state index contributed by atoms with van der Waals surface area (Å²) in [6, 6.07) is 0. The van der Waals surface area contributed by atoms with Gasteiger partial charge in [-0.1, -0.05) is 31.9 Å². The van der Waals surface area contributed by atoms with Crippen LogP contribution in [-0.2, 0) is 4.74 Å². The van der Waals surface area contributed by atoms with Crippen molar-refractivity contribution >= 4 is 0 Å². The van der Waals surface area contributed by atoms with E-state index in [0.29, 0.717) is 6.10 Å². The summed E-state index contributed by atoms with van der Waals surface area (Å²) >= 11 is 0. The number of ether oxygens (including phenoxy) is 1. The van der Waals surface area contributed by atoms with Gasteiger partial charge in [0.1, 0.15) is 0 Å². The second-order valence-electron chi connectivity index (χ2n) is 4.12. The van der Waals surface area contributed by atoms with Crippen LogP contribution in [0.15, 0.2) is 11.6 Å². The van der Waals surface area contributed by atoms with Crippen LogP contribution in [0.2, 0.25) is 0 Å². The molecule has 2 aliphatic rings. The fourth-order valence-electron chi connectivity index (χ4n) is 1.97. The average Bonchev–Trinajstić information content (AvgIpc) is 2.52. The van der Waals surface area contributed by atoms with Gasteiger partial charge in [-0.25, -0.2) is 0 Å². The lowest BCUT2D eigenvalue weighted by Crippen LogP contribution is -2.17. The van der Waals surface area contributed by atoms with E-state index in [0.717, 1.165) is 12.5 Å². The topological polar surface area (TPSA) is 9.23 Å². The molecule has 2 unspecified atom stereocenters. The first-order valence-electron chi connectivity index (χ1n) is 5.56. The van der Waals surface area contributed by atoms with Crippen LogP contribution in [0.5, 0.6) is 0 Å². The molecule has 0 aromatic heterocycles. The summed E-state index contributed by atoms with van der Waals surface area (Å²) in [5.41, 5.74) is 1.56. The van der Waals surface area contributed by atoms with E-state index in [1.807, 2.05) is 0 Å². The molecule has 2 rings (SSSR count). The maximum Gasteiger partial charge on any atom is 0.0641 e. The van der Waals surface area contributed by atoms with E-state index in [2.05, 4.69) is 26.8 Å². The van der Waals surface area contributed by atoms with Crippen molar-refractivity contribution in [3.8, 4) is 0 Å². The van der Waals surface area contributed by atoms with Gasteiger partial charge in [0, 0.05) is 12.5 Å². The molecule has 2 atom stereocenters. The normalized spacial score (nSPS) is 31.5. The predicted octanol–water partition coefficient (Wildman–Crippen LogP) is 3.55. The summed E-state index contributed by atoms with van der Waals surface area (Å²) in [7, 11) is 0. The molecule has 0 spiro atoms. The lowest BCUT2D eigenvalue weighted by Gasteiger charge is -2.21. The maximum atomic E-state index is 5.56. The summed E-state index contributed by atoms with van der Waals surface area (Å²) in [4.78, 5) is 0. The summed E-state index contributed by atoms with van der Waals surface area (Å²) in [5, 5.41) is 0. The molecule has 0 amide bonds. The zero-order valence-corrected chi connectivity index (χ0v) is 9.18. The van der Waals surface area contributed by atoms with Crippen molar-refractivity contribution in [2.75, 3.05) is 6.61 Å². The van der Waals surface area contributed by atoms with Gasteiger partial charge in [0.2, 0.25) is 0 Å². The Kier molecular flexibility index (Phi) is 4.51. The van der Waals surface area contributed by atoms with Gasteiger partial charge in [0.15, 0.2) is 0 Å². The highest BCUT2D eigenvalue weighted by atomic mass is 16.5. The van der Waals surface area contributed by atoms with Crippen LogP contribution in [0, 0.1) is 5.92 Å². The second-order valence-corrected chi connectivity index (χ2v) is 4.12. The number of hydrogen-bond acceptors (Lipinski definition) is 1. The molecule has 0 aromatic carbocycles. The number of rotatable bonds is 0. The Morgan fingerprint density at radius 3 is 2.77 bits per heavy atom. The number of hydrogen-bond donors (Lipinski definition) is 0. The molecule has 0 radical (unpaired) electrons. The molecular formula is C12H22O. The summed E-state index contributed by atoms with van der Waals surface area (Å²) in [6.45, 7) is 7.47. The Labute approximate surface area is 82.2 Å². The van der Waals surface area contributed by atoms with Crippen molar-refractivity contribution in [2.24, 2.45) is 5.92 Å². The molecule has 13 heavy (non-hydrogen) atoms. The number of allylic oxidation sites excluding steroid dienone is 1. The lowest BCUT2D eigenvalue weighted by atomic mass is 9.88. The van der Waals surface area contributed by atoms with Gasteiger partial charge in [0.05, 0.1) is 6.10 Å². The molecule has 1 nitrogen and oxygen atoms in total. The Hall–Kier alpha value is -0.300. The fourth-order valence-corrected chi connectivity index (χ4v) is 1.97. The summed E-state index contributed by atoms with van der Waals surface area (Å²) in [5.74, 6) is 0.758. The van der Waals surface area contributed by atoms with E-state index >= 15 is 0 Å². The third-order valence-corrected chi connectivity index (χ3v) is 2.58. The first-order valence-corrected chi connectivity index (χ1v) is 5.56. The Bertz CT molecular complexity index is 172. The van der Waals surface area contributed by atoms with Gasteiger partial charge in [-0.2, -0.15) is 0 Å². The van der Waals surface area contributed by atoms with Crippen molar-refractivity contribution in [1.82, 2.24) is 0 Å². The molecule has 1 aliphatic carbocycles. The van der Waals surface area contributed by atoms with Crippen LogP contribution in [0.25, 0.3) is 0 Å². The summed E-state index contributed by atoms with van der Waals surface area (Å²) < 4.78 is 5.56. The maximum absolute atomic E-state index is 5.56. The first-order chi connectivity index (χ1) is 6.27. The van der Waals surface area contributed by atoms with Gasteiger partial charge < -0.3 is 4.74 Å². The van der Waals surface area contributed by atoms with Crippen molar-refractivity contribution in [2.45, 2.75) is 52.6 Å². The largest absolute Gasteiger partial charge is 0.378 e. The monoisotopic (exact) mass is 182 g/mol. The predicted molar refractivity (Wildman–Crippen MR) is 56.8 cm³/mol. The molecule has 1 fully saturated rings. The highest BCUT2D eigenvalue weighted by Crippen LogP contribution is 2.32. The smallest absolute Gasteiger partial charge is 0.0641 e. The standard InChI is InChI=1S/C9H14O.C3H8/c1-7-2-3-9-8(6-7)4-5-10-9;1-3-2/h6,8-9H,2-5H2,1H3;3H2,1-2H3. The molecule has 0 saturated carbocycles. The Morgan fingerprint density at radius 2 is 2.08 bits per heavy atom. The minimum atomic E-state index is 0.573. The van der Waals surface area contributed by atoms with E-state index in [9.17, 15) is 0 Å². The van der Waals surface area contributed by atoms with E-state index in [4.69, 9.17) is 4.74 Å². The third-order valence-electron chi connectivity index (χ3n) is 2.58. The molecule has 0 N–H and O–H groups in total. The highest BCUT2D eigenvalue weighted by molar-refractivity contribution is 5.09. The van der Waals surface area contributed by atoms with E-state index < -0.39 is 0 Å². The van der Waals surface area contributed by atoms with Crippen molar-refractivity contribution in [1.29, 1.82) is 0 Å². The molecule has 0 aromatic rings. The van der Waals surface area contributed by atoms with E-state index in [1.165, 1.54) is 25.7 Å². The van der Waals surface area contributed by atoms with Crippen LogP contribution in [0.3, 0.4) is 0 Å². The third kappa shape index (κ3) is 3.15. The van der Waals surface area contributed by atoms with Crippen molar-refractivity contribution in [3.05, 3.63) is 11.6 Å². The molecule has 0 bridgehead atoms. The van der Waals surface area contributed by atoms with Gasteiger partial charge in [-0.15, -0.1) is 0 Å². The molecule has 1 heteroatoms. The fraction of sp³-hybridized carbons (Fsp3) is 0.833. The lowest BCUT2D eigenvalue weighted by molar-refractivity contribution is 0.0887. The molecule has 1 saturated heterocycles. The quantitative estimate of drug-likeness (QED) is 0.521. The van der Waals surface area contributed by atoms with Crippen LogP contribution in [-0.4, -0.2) is 12.7 Å². The molecule has 1 heterocycles. The SMILES string of the molecule is CC1=CC2CCOC2CC1.CCC. The first kappa shape index (κ1) is 10.8.